The second-order valence-electron chi connectivity index (χ2n) is 5.06. The minimum atomic E-state index is 0.279. The van der Waals surface area contributed by atoms with Crippen LogP contribution < -0.4 is 0 Å². The number of rotatable bonds is 5. The van der Waals surface area contributed by atoms with Crippen LogP contribution in [-0.4, -0.2) is 33.3 Å². The molecule has 0 aliphatic carbocycles. The lowest BCUT2D eigenvalue weighted by atomic mass is 9.82. The van der Waals surface area contributed by atoms with Crippen LogP contribution in [0.2, 0.25) is 0 Å². The van der Waals surface area contributed by atoms with Crippen molar-refractivity contribution in [3.8, 4) is 0 Å². The molecule has 1 aliphatic heterocycles. The standard InChI is InChI=1S/C13H22BrN3O/c1-3-11-15-12(4-2)17(16-11)10-13(9-14)5-7-18-8-6-13/h3-10H2,1-2H3. The fourth-order valence-corrected chi connectivity index (χ4v) is 3.16. The SMILES string of the molecule is CCc1nc(CC)n(CC2(CBr)CCOCC2)n1. The third kappa shape index (κ3) is 2.94. The topological polar surface area (TPSA) is 39.9 Å². The van der Waals surface area contributed by atoms with Crippen molar-refractivity contribution in [2.45, 2.75) is 46.1 Å². The Labute approximate surface area is 117 Å². The van der Waals surface area contributed by atoms with Crippen molar-refractivity contribution in [3.63, 3.8) is 0 Å². The molecule has 0 saturated carbocycles. The van der Waals surface area contributed by atoms with Gasteiger partial charge >= 0.3 is 0 Å². The van der Waals surface area contributed by atoms with Crippen LogP contribution in [0.1, 0.15) is 38.3 Å². The number of aryl methyl sites for hydroxylation is 2. The maximum Gasteiger partial charge on any atom is 0.150 e. The first-order chi connectivity index (χ1) is 8.73. The molecule has 102 valence electrons. The number of aromatic nitrogens is 3. The zero-order valence-electron chi connectivity index (χ0n) is 11.3. The van der Waals surface area contributed by atoms with Crippen molar-refractivity contribution in [1.29, 1.82) is 0 Å². The van der Waals surface area contributed by atoms with E-state index in [0.717, 1.165) is 62.4 Å². The molecule has 0 spiro atoms. The predicted octanol–water partition coefficient (Wildman–Crippen LogP) is 2.59. The van der Waals surface area contributed by atoms with E-state index in [1.165, 1.54) is 0 Å². The largest absolute Gasteiger partial charge is 0.381 e. The summed E-state index contributed by atoms with van der Waals surface area (Å²) in [6.07, 6.45) is 4.05. The highest BCUT2D eigenvalue weighted by molar-refractivity contribution is 9.09. The van der Waals surface area contributed by atoms with E-state index < -0.39 is 0 Å². The highest BCUT2D eigenvalue weighted by atomic mass is 79.9. The molecule has 1 fully saturated rings. The van der Waals surface area contributed by atoms with E-state index in [4.69, 9.17) is 4.74 Å². The second-order valence-corrected chi connectivity index (χ2v) is 5.62. The third-order valence-corrected chi connectivity index (χ3v) is 4.94. The molecule has 1 aromatic heterocycles. The summed E-state index contributed by atoms with van der Waals surface area (Å²) < 4.78 is 7.60. The third-order valence-electron chi connectivity index (χ3n) is 3.75. The number of hydrogen-bond donors (Lipinski definition) is 0. The van der Waals surface area contributed by atoms with Crippen molar-refractivity contribution in [1.82, 2.24) is 14.8 Å². The number of halogens is 1. The van der Waals surface area contributed by atoms with Crippen LogP contribution in [0.25, 0.3) is 0 Å². The zero-order chi connectivity index (χ0) is 13.0. The molecular formula is C13H22BrN3O. The van der Waals surface area contributed by atoms with Crippen LogP contribution in [0.5, 0.6) is 0 Å². The van der Waals surface area contributed by atoms with Crippen molar-refractivity contribution in [3.05, 3.63) is 11.6 Å². The minimum Gasteiger partial charge on any atom is -0.381 e. The summed E-state index contributed by atoms with van der Waals surface area (Å²) in [5.74, 6) is 2.07. The molecular weight excluding hydrogens is 294 g/mol. The Kier molecular flexibility index (Phi) is 4.78. The molecule has 2 heterocycles. The highest BCUT2D eigenvalue weighted by Crippen LogP contribution is 2.34. The van der Waals surface area contributed by atoms with Gasteiger partial charge < -0.3 is 4.74 Å². The fourth-order valence-electron chi connectivity index (χ4n) is 2.42. The maximum atomic E-state index is 5.48. The molecule has 18 heavy (non-hydrogen) atoms. The van der Waals surface area contributed by atoms with E-state index >= 15 is 0 Å². The van der Waals surface area contributed by atoms with E-state index in [0.29, 0.717) is 0 Å². The first kappa shape index (κ1) is 14.0. The molecule has 0 unspecified atom stereocenters. The Bertz CT molecular complexity index is 386. The molecule has 0 amide bonds. The summed E-state index contributed by atoms with van der Waals surface area (Å²) in [6, 6.07) is 0. The average molecular weight is 316 g/mol. The molecule has 0 aromatic carbocycles. The maximum absolute atomic E-state index is 5.48. The number of hydrogen-bond acceptors (Lipinski definition) is 3. The number of alkyl halides is 1. The van der Waals surface area contributed by atoms with Gasteiger partial charge in [-0.3, -0.25) is 0 Å². The van der Waals surface area contributed by atoms with E-state index in [9.17, 15) is 0 Å². The lowest BCUT2D eigenvalue weighted by Gasteiger charge is -2.35. The van der Waals surface area contributed by atoms with Gasteiger partial charge in [-0.1, -0.05) is 29.8 Å². The molecule has 1 aromatic rings. The molecule has 0 radical (unpaired) electrons. The summed E-state index contributed by atoms with van der Waals surface area (Å²) in [6.45, 7) is 6.93. The van der Waals surface area contributed by atoms with Crippen molar-refractivity contribution >= 4 is 15.9 Å². The van der Waals surface area contributed by atoms with Gasteiger partial charge in [0.05, 0.1) is 0 Å². The Balaban J connectivity index is 2.17. The highest BCUT2D eigenvalue weighted by Gasteiger charge is 2.33. The van der Waals surface area contributed by atoms with Gasteiger partial charge in [0.1, 0.15) is 5.82 Å². The van der Waals surface area contributed by atoms with Crippen molar-refractivity contribution < 1.29 is 4.74 Å². The Morgan fingerprint density at radius 1 is 1.28 bits per heavy atom. The summed E-state index contributed by atoms with van der Waals surface area (Å²) in [5, 5.41) is 5.64. The smallest absolute Gasteiger partial charge is 0.150 e. The lowest BCUT2D eigenvalue weighted by Crippen LogP contribution is -2.36. The van der Waals surface area contributed by atoms with Gasteiger partial charge in [0.25, 0.3) is 0 Å². The molecule has 1 aliphatic rings. The summed E-state index contributed by atoms with van der Waals surface area (Å²) in [5.41, 5.74) is 0.279. The molecule has 2 rings (SSSR count). The Morgan fingerprint density at radius 2 is 2.00 bits per heavy atom. The van der Waals surface area contributed by atoms with Gasteiger partial charge in [0.15, 0.2) is 5.82 Å². The first-order valence-corrected chi connectivity index (χ1v) is 7.91. The summed E-state index contributed by atoms with van der Waals surface area (Å²) in [4.78, 5) is 4.58. The van der Waals surface area contributed by atoms with Crippen LogP contribution in [0.4, 0.5) is 0 Å². The van der Waals surface area contributed by atoms with Gasteiger partial charge in [-0.25, -0.2) is 9.67 Å². The molecule has 0 atom stereocenters. The van der Waals surface area contributed by atoms with E-state index in [2.05, 4.69) is 44.5 Å². The number of nitrogens with zero attached hydrogens (tertiary/aromatic N) is 3. The van der Waals surface area contributed by atoms with Gasteiger partial charge in [-0.15, -0.1) is 0 Å². The van der Waals surface area contributed by atoms with Gasteiger partial charge in [-0.05, 0) is 12.8 Å². The van der Waals surface area contributed by atoms with E-state index in [1.807, 2.05) is 0 Å². The normalized spacial score (nSPS) is 19.1. The fraction of sp³-hybridized carbons (Fsp3) is 0.846. The number of ether oxygens (including phenoxy) is 1. The van der Waals surface area contributed by atoms with E-state index in [1.54, 1.807) is 0 Å². The van der Waals surface area contributed by atoms with E-state index in [-0.39, 0.29) is 5.41 Å². The van der Waals surface area contributed by atoms with Crippen LogP contribution in [-0.2, 0) is 24.1 Å². The average Bonchev–Trinajstić information content (AvgIpc) is 2.82. The first-order valence-electron chi connectivity index (χ1n) is 6.79. The van der Waals surface area contributed by atoms with Gasteiger partial charge in [0, 0.05) is 43.3 Å². The zero-order valence-corrected chi connectivity index (χ0v) is 12.9. The summed E-state index contributed by atoms with van der Waals surface area (Å²) in [7, 11) is 0. The molecule has 0 bridgehead atoms. The Hall–Kier alpha value is -0.420. The monoisotopic (exact) mass is 315 g/mol. The van der Waals surface area contributed by atoms with Crippen LogP contribution in [0, 0.1) is 5.41 Å². The molecule has 0 N–H and O–H groups in total. The minimum absolute atomic E-state index is 0.279. The van der Waals surface area contributed by atoms with Crippen LogP contribution >= 0.6 is 15.9 Å². The van der Waals surface area contributed by atoms with Gasteiger partial charge in [-0.2, -0.15) is 5.10 Å². The van der Waals surface area contributed by atoms with Crippen LogP contribution in [0.15, 0.2) is 0 Å². The van der Waals surface area contributed by atoms with Crippen molar-refractivity contribution in [2.24, 2.45) is 5.41 Å². The van der Waals surface area contributed by atoms with Crippen molar-refractivity contribution in [2.75, 3.05) is 18.5 Å². The molecule has 5 heteroatoms. The van der Waals surface area contributed by atoms with Gasteiger partial charge in [0.2, 0.25) is 0 Å². The Morgan fingerprint density at radius 3 is 2.56 bits per heavy atom. The molecule has 4 nitrogen and oxygen atoms in total. The lowest BCUT2D eigenvalue weighted by molar-refractivity contribution is 0.0165. The second kappa shape index (κ2) is 6.15. The predicted molar refractivity (Wildman–Crippen MR) is 75.1 cm³/mol. The quantitative estimate of drug-likeness (QED) is 0.784. The van der Waals surface area contributed by atoms with Crippen LogP contribution in [0.3, 0.4) is 0 Å². The summed E-state index contributed by atoms with van der Waals surface area (Å²) >= 11 is 3.68. The molecule has 1 saturated heterocycles.